The molecule has 1 N–H and O–H groups in total. The minimum atomic E-state index is 0.853. The predicted molar refractivity (Wildman–Crippen MR) is 64.6 cm³/mol. The maximum absolute atomic E-state index is 4.23. The van der Waals surface area contributed by atoms with Gasteiger partial charge in [-0.2, -0.15) is 0 Å². The molecule has 2 rings (SSSR count). The van der Waals surface area contributed by atoms with Crippen molar-refractivity contribution in [1.82, 2.24) is 5.32 Å². The van der Waals surface area contributed by atoms with Gasteiger partial charge >= 0.3 is 0 Å². The van der Waals surface area contributed by atoms with Crippen molar-refractivity contribution in [2.45, 2.75) is 0 Å². The van der Waals surface area contributed by atoms with E-state index in [1.807, 2.05) is 12.1 Å². The molecule has 2 nitrogen and oxygen atoms in total. The van der Waals surface area contributed by atoms with Gasteiger partial charge in [-0.1, -0.05) is 35.2 Å². The summed E-state index contributed by atoms with van der Waals surface area (Å²) in [7, 11) is 0. The van der Waals surface area contributed by atoms with E-state index in [0.717, 1.165) is 27.0 Å². The summed E-state index contributed by atoms with van der Waals surface area (Å²) in [5.41, 5.74) is 3.81. The lowest BCUT2D eigenvalue weighted by Crippen LogP contribution is -2.13. The van der Waals surface area contributed by atoms with E-state index < -0.39 is 0 Å². The summed E-state index contributed by atoms with van der Waals surface area (Å²) in [5.74, 6) is 0. The molecule has 0 spiro atoms. The summed E-state index contributed by atoms with van der Waals surface area (Å²) in [5, 5.41) is 2.99. The molecule has 0 unspecified atom stereocenters. The van der Waals surface area contributed by atoms with Crippen LogP contribution in [-0.4, -0.2) is 6.34 Å². The number of fused-ring (bicyclic) bond motifs is 1. The van der Waals surface area contributed by atoms with E-state index >= 15 is 0 Å². The molecule has 0 aromatic heterocycles. The molecule has 0 saturated carbocycles. The summed E-state index contributed by atoms with van der Waals surface area (Å²) < 4.78 is 1.01. The smallest absolute Gasteiger partial charge is 0.0930 e. The molecule has 0 saturated heterocycles. The van der Waals surface area contributed by atoms with Gasteiger partial charge in [0.05, 0.1) is 12.0 Å². The van der Waals surface area contributed by atoms with Gasteiger partial charge in [-0.25, -0.2) is 4.99 Å². The Balaban J connectivity index is 2.77. The maximum atomic E-state index is 4.23. The minimum Gasteiger partial charge on any atom is -0.346 e. The number of aliphatic imine (C=N–C) groups is 1. The Bertz CT molecular complexity index is 447. The molecule has 0 aliphatic carbocycles. The summed E-state index contributed by atoms with van der Waals surface area (Å²) in [6.45, 7) is 7.72. The monoisotopic (exact) mass is 248 g/mol. The van der Waals surface area contributed by atoms with Gasteiger partial charge in [-0.15, -0.1) is 0 Å². The van der Waals surface area contributed by atoms with Crippen LogP contribution in [0.2, 0.25) is 0 Å². The van der Waals surface area contributed by atoms with Gasteiger partial charge in [0.15, 0.2) is 0 Å². The zero-order valence-corrected chi connectivity index (χ0v) is 9.13. The molecule has 3 heteroatoms. The highest BCUT2D eigenvalue weighted by Crippen LogP contribution is 2.34. The molecule has 0 radical (unpaired) electrons. The van der Waals surface area contributed by atoms with Crippen LogP contribution in [0.15, 0.2) is 34.8 Å². The molecule has 0 atom stereocenters. The molecular weight excluding hydrogens is 240 g/mol. The van der Waals surface area contributed by atoms with Crippen LogP contribution in [0.4, 0.5) is 5.69 Å². The Morgan fingerprint density at radius 3 is 2.93 bits per heavy atom. The largest absolute Gasteiger partial charge is 0.346 e. The van der Waals surface area contributed by atoms with Crippen molar-refractivity contribution >= 4 is 39.7 Å². The third kappa shape index (κ3) is 1.30. The molecule has 70 valence electrons. The number of nitrogens with zero attached hydrogens (tertiary/aromatic N) is 1. The van der Waals surface area contributed by atoms with Crippen LogP contribution >= 0.6 is 15.9 Å². The van der Waals surface area contributed by atoms with E-state index in [1.165, 1.54) is 0 Å². The first-order valence-electron chi connectivity index (χ1n) is 4.17. The lowest BCUT2D eigenvalue weighted by Gasteiger charge is -2.17. The number of hydrogen-bond donors (Lipinski definition) is 1. The highest BCUT2D eigenvalue weighted by molar-refractivity contribution is 9.10. The number of hydrogen-bond acceptors (Lipinski definition) is 2. The summed E-state index contributed by atoms with van der Waals surface area (Å²) in [6.07, 6.45) is 3.45. The summed E-state index contributed by atoms with van der Waals surface area (Å²) in [6, 6.07) is 3.92. The highest BCUT2D eigenvalue weighted by Gasteiger charge is 2.14. The molecule has 1 aliphatic heterocycles. The normalized spacial score (nSPS) is 13.4. The van der Waals surface area contributed by atoms with Gasteiger partial charge in [0.2, 0.25) is 0 Å². The Labute approximate surface area is 91.2 Å². The van der Waals surface area contributed by atoms with Crippen molar-refractivity contribution in [3.8, 4) is 0 Å². The van der Waals surface area contributed by atoms with Crippen molar-refractivity contribution in [3.63, 3.8) is 0 Å². The van der Waals surface area contributed by atoms with Crippen molar-refractivity contribution in [2.75, 3.05) is 0 Å². The predicted octanol–water partition coefficient (Wildman–Crippen LogP) is 3.33. The van der Waals surface area contributed by atoms with E-state index in [1.54, 1.807) is 12.4 Å². The van der Waals surface area contributed by atoms with Crippen molar-refractivity contribution in [3.05, 3.63) is 40.9 Å². The fourth-order valence-corrected chi connectivity index (χ4v) is 1.95. The van der Waals surface area contributed by atoms with Gasteiger partial charge in [-0.3, -0.25) is 0 Å². The van der Waals surface area contributed by atoms with E-state index in [4.69, 9.17) is 0 Å². The number of nitrogens with one attached hydrogen (secondary N) is 1. The number of benzene rings is 1. The SMILES string of the molecule is C=Cc1c(Br)ccc2c1C(=C)NC=N2. The topological polar surface area (TPSA) is 24.4 Å². The van der Waals surface area contributed by atoms with Crippen LogP contribution in [0.25, 0.3) is 11.8 Å². The lowest BCUT2D eigenvalue weighted by molar-refractivity contribution is 1.26. The second-order valence-electron chi connectivity index (χ2n) is 2.94. The van der Waals surface area contributed by atoms with Crippen LogP contribution in [0.1, 0.15) is 11.1 Å². The van der Waals surface area contributed by atoms with Crippen LogP contribution in [0, 0.1) is 0 Å². The minimum absolute atomic E-state index is 0.853. The van der Waals surface area contributed by atoms with Crippen LogP contribution < -0.4 is 5.32 Å². The average molecular weight is 249 g/mol. The first-order valence-corrected chi connectivity index (χ1v) is 4.96. The second-order valence-corrected chi connectivity index (χ2v) is 3.79. The van der Waals surface area contributed by atoms with E-state index in [-0.39, 0.29) is 0 Å². The lowest BCUT2D eigenvalue weighted by atomic mass is 10.0. The Morgan fingerprint density at radius 1 is 1.43 bits per heavy atom. The Morgan fingerprint density at radius 2 is 2.21 bits per heavy atom. The van der Waals surface area contributed by atoms with Gasteiger partial charge in [0.25, 0.3) is 0 Å². The fourth-order valence-electron chi connectivity index (χ4n) is 1.46. The quantitative estimate of drug-likeness (QED) is 0.811. The van der Waals surface area contributed by atoms with Crippen LogP contribution in [-0.2, 0) is 0 Å². The third-order valence-electron chi connectivity index (χ3n) is 2.12. The number of rotatable bonds is 1. The molecular formula is C11H9BrN2. The van der Waals surface area contributed by atoms with Gasteiger partial charge in [0.1, 0.15) is 0 Å². The number of halogens is 1. The van der Waals surface area contributed by atoms with Crippen LogP contribution in [0.3, 0.4) is 0 Å². The highest BCUT2D eigenvalue weighted by atomic mass is 79.9. The molecule has 1 aromatic rings. The molecule has 0 fully saturated rings. The maximum Gasteiger partial charge on any atom is 0.0930 e. The zero-order chi connectivity index (χ0) is 10.1. The molecule has 1 aromatic carbocycles. The van der Waals surface area contributed by atoms with Crippen molar-refractivity contribution < 1.29 is 0 Å². The van der Waals surface area contributed by atoms with Crippen molar-refractivity contribution in [2.24, 2.45) is 4.99 Å². The first kappa shape index (κ1) is 9.21. The molecule has 1 aliphatic rings. The van der Waals surface area contributed by atoms with Crippen LogP contribution in [0.5, 0.6) is 0 Å². The molecule has 1 heterocycles. The third-order valence-corrected chi connectivity index (χ3v) is 2.81. The van der Waals surface area contributed by atoms with Gasteiger partial charge in [0, 0.05) is 15.7 Å². The average Bonchev–Trinajstić information content (AvgIpc) is 2.19. The Hall–Kier alpha value is -1.35. The molecule has 0 bridgehead atoms. The first-order chi connectivity index (χ1) is 6.74. The Kier molecular flexibility index (Phi) is 2.25. The molecule has 14 heavy (non-hydrogen) atoms. The summed E-state index contributed by atoms with van der Waals surface area (Å²) in [4.78, 5) is 4.23. The van der Waals surface area contributed by atoms with E-state index in [2.05, 4.69) is 39.4 Å². The molecule has 0 amide bonds. The van der Waals surface area contributed by atoms with E-state index in [9.17, 15) is 0 Å². The van der Waals surface area contributed by atoms with Gasteiger partial charge in [-0.05, 0) is 17.7 Å². The van der Waals surface area contributed by atoms with E-state index in [0.29, 0.717) is 0 Å². The summed E-state index contributed by atoms with van der Waals surface area (Å²) >= 11 is 3.47. The zero-order valence-electron chi connectivity index (χ0n) is 7.55. The standard InChI is InChI=1S/C11H9BrN2/c1-3-8-9(12)4-5-10-11(8)7(2)13-6-14-10/h3-6H,1-2H2,(H,13,14). The van der Waals surface area contributed by atoms with Gasteiger partial charge < -0.3 is 5.32 Å². The second kappa shape index (κ2) is 3.42. The fraction of sp³-hybridized carbons (Fsp3) is 0. The van der Waals surface area contributed by atoms with Crippen molar-refractivity contribution in [1.29, 1.82) is 0 Å².